The third-order valence-corrected chi connectivity index (χ3v) is 4.48. The number of hydrogen-bond donors (Lipinski definition) is 0. The Morgan fingerprint density at radius 3 is 2.50 bits per heavy atom. The van der Waals surface area contributed by atoms with Gasteiger partial charge in [-0.1, -0.05) is 54.9 Å². The largest absolute Gasteiger partial charge is 0.365 e. The standard InChI is InChI=1S/C16H23BrO3/c1-4-16(10-18-15(12(2)3)19-11-16)20-9-13-7-5-6-8-14(13)17/h5-8,12,15H,4,9-11H2,1-3H3. The topological polar surface area (TPSA) is 27.7 Å². The first kappa shape index (κ1) is 16.0. The average Bonchev–Trinajstić information content (AvgIpc) is 2.47. The highest BCUT2D eigenvalue weighted by Gasteiger charge is 2.37. The minimum absolute atomic E-state index is 0.110. The summed E-state index contributed by atoms with van der Waals surface area (Å²) in [7, 11) is 0. The van der Waals surface area contributed by atoms with E-state index < -0.39 is 0 Å². The highest BCUT2D eigenvalue weighted by Crippen LogP contribution is 2.28. The van der Waals surface area contributed by atoms with Gasteiger partial charge in [0.15, 0.2) is 6.29 Å². The van der Waals surface area contributed by atoms with Gasteiger partial charge in [0.25, 0.3) is 0 Å². The summed E-state index contributed by atoms with van der Waals surface area (Å²) in [6.07, 6.45) is 0.768. The second kappa shape index (κ2) is 7.03. The molecule has 20 heavy (non-hydrogen) atoms. The summed E-state index contributed by atoms with van der Waals surface area (Å²) in [6.45, 7) is 8.07. The fourth-order valence-corrected chi connectivity index (χ4v) is 2.58. The van der Waals surface area contributed by atoms with Crippen molar-refractivity contribution in [2.24, 2.45) is 5.92 Å². The van der Waals surface area contributed by atoms with Gasteiger partial charge < -0.3 is 14.2 Å². The SMILES string of the molecule is CCC1(OCc2ccccc2Br)COC(C(C)C)OC1. The Morgan fingerprint density at radius 2 is 1.95 bits per heavy atom. The van der Waals surface area contributed by atoms with Gasteiger partial charge in [0.1, 0.15) is 5.60 Å². The molecule has 1 aliphatic heterocycles. The quantitative estimate of drug-likeness (QED) is 0.804. The average molecular weight is 343 g/mol. The molecule has 2 rings (SSSR count). The number of halogens is 1. The van der Waals surface area contributed by atoms with Crippen molar-refractivity contribution in [3.05, 3.63) is 34.3 Å². The van der Waals surface area contributed by atoms with Gasteiger partial charge in [0.2, 0.25) is 0 Å². The van der Waals surface area contributed by atoms with E-state index in [4.69, 9.17) is 14.2 Å². The zero-order valence-electron chi connectivity index (χ0n) is 12.4. The molecule has 0 radical (unpaired) electrons. The van der Waals surface area contributed by atoms with Crippen molar-refractivity contribution in [3.63, 3.8) is 0 Å². The summed E-state index contributed by atoms with van der Waals surface area (Å²) >= 11 is 3.55. The van der Waals surface area contributed by atoms with Crippen molar-refractivity contribution in [1.82, 2.24) is 0 Å². The van der Waals surface area contributed by atoms with E-state index in [-0.39, 0.29) is 11.9 Å². The molecule has 112 valence electrons. The lowest BCUT2D eigenvalue weighted by atomic mass is 10.0. The normalized spacial score (nSPS) is 26.9. The van der Waals surface area contributed by atoms with Crippen molar-refractivity contribution in [3.8, 4) is 0 Å². The minimum atomic E-state index is -0.333. The van der Waals surface area contributed by atoms with E-state index in [2.05, 4.69) is 42.8 Å². The van der Waals surface area contributed by atoms with E-state index in [1.807, 2.05) is 18.2 Å². The maximum atomic E-state index is 6.13. The van der Waals surface area contributed by atoms with Crippen LogP contribution in [0, 0.1) is 5.92 Å². The van der Waals surface area contributed by atoms with Gasteiger partial charge in [-0.05, 0) is 18.1 Å². The predicted molar refractivity (Wildman–Crippen MR) is 82.5 cm³/mol. The van der Waals surface area contributed by atoms with Crippen molar-refractivity contribution in [2.45, 2.75) is 45.7 Å². The third kappa shape index (κ3) is 3.82. The Morgan fingerprint density at radius 1 is 1.30 bits per heavy atom. The van der Waals surface area contributed by atoms with Gasteiger partial charge in [-0.15, -0.1) is 0 Å². The molecule has 1 saturated heterocycles. The van der Waals surface area contributed by atoms with Crippen molar-refractivity contribution in [2.75, 3.05) is 13.2 Å². The molecule has 1 heterocycles. The van der Waals surface area contributed by atoms with Crippen LogP contribution in [0.3, 0.4) is 0 Å². The van der Waals surface area contributed by atoms with Crippen molar-refractivity contribution in [1.29, 1.82) is 0 Å². The van der Waals surface area contributed by atoms with Crippen LogP contribution in [0.2, 0.25) is 0 Å². The maximum Gasteiger partial charge on any atom is 0.160 e. The van der Waals surface area contributed by atoms with Crippen LogP contribution in [0.15, 0.2) is 28.7 Å². The van der Waals surface area contributed by atoms with E-state index in [9.17, 15) is 0 Å². The highest BCUT2D eigenvalue weighted by molar-refractivity contribution is 9.10. The molecule has 0 saturated carbocycles. The van der Waals surface area contributed by atoms with E-state index in [1.165, 1.54) is 0 Å². The molecule has 1 aromatic rings. The van der Waals surface area contributed by atoms with Crippen molar-refractivity contribution < 1.29 is 14.2 Å². The predicted octanol–water partition coefficient (Wildman–Crippen LogP) is 4.14. The molecule has 1 fully saturated rings. The minimum Gasteiger partial charge on any atom is -0.365 e. The molecule has 0 aliphatic carbocycles. The Labute approximate surface area is 129 Å². The summed E-state index contributed by atoms with van der Waals surface area (Å²) in [5, 5.41) is 0. The lowest BCUT2D eigenvalue weighted by Gasteiger charge is -2.40. The molecule has 0 amide bonds. The molecule has 0 aromatic heterocycles. The molecule has 3 nitrogen and oxygen atoms in total. The van der Waals surface area contributed by atoms with Crippen molar-refractivity contribution >= 4 is 15.9 Å². The number of hydrogen-bond acceptors (Lipinski definition) is 3. The Hall–Kier alpha value is -0.420. The molecule has 0 N–H and O–H groups in total. The van der Waals surface area contributed by atoms with E-state index in [1.54, 1.807) is 0 Å². The van der Waals surface area contributed by atoms with Gasteiger partial charge in [0, 0.05) is 10.4 Å². The lowest BCUT2D eigenvalue weighted by molar-refractivity contribution is -0.280. The van der Waals surface area contributed by atoms with Gasteiger partial charge >= 0.3 is 0 Å². The molecule has 1 aromatic carbocycles. The zero-order valence-corrected chi connectivity index (χ0v) is 14.0. The number of benzene rings is 1. The molecule has 1 aliphatic rings. The summed E-state index contributed by atoms with van der Waals surface area (Å²) in [5.74, 6) is 0.369. The second-order valence-corrected chi connectivity index (χ2v) is 6.51. The third-order valence-electron chi connectivity index (χ3n) is 3.70. The summed E-state index contributed by atoms with van der Waals surface area (Å²) in [6, 6.07) is 8.11. The van der Waals surface area contributed by atoms with Gasteiger partial charge in [-0.2, -0.15) is 0 Å². The van der Waals surface area contributed by atoms with E-state index in [0.717, 1.165) is 16.5 Å². The van der Waals surface area contributed by atoms with E-state index >= 15 is 0 Å². The van der Waals surface area contributed by atoms with Crippen LogP contribution in [-0.2, 0) is 20.8 Å². The zero-order chi connectivity index (χ0) is 14.6. The maximum absolute atomic E-state index is 6.13. The van der Waals surface area contributed by atoms with Gasteiger partial charge in [-0.3, -0.25) is 0 Å². The smallest absolute Gasteiger partial charge is 0.160 e. The van der Waals surface area contributed by atoms with Crippen LogP contribution in [-0.4, -0.2) is 25.1 Å². The summed E-state index contributed by atoms with van der Waals surface area (Å²) in [5.41, 5.74) is 0.812. The Bertz CT molecular complexity index is 425. The first-order valence-corrected chi connectivity index (χ1v) is 7.96. The van der Waals surface area contributed by atoms with E-state index in [0.29, 0.717) is 25.7 Å². The van der Waals surface area contributed by atoms with Crippen LogP contribution < -0.4 is 0 Å². The monoisotopic (exact) mass is 342 g/mol. The molecule has 0 atom stereocenters. The Kier molecular flexibility index (Phi) is 5.61. The first-order chi connectivity index (χ1) is 9.56. The molecular formula is C16H23BrO3. The summed E-state index contributed by atoms with van der Waals surface area (Å²) in [4.78, 5) is 0. The van der Waals surface area contributed by atoms with Crippen LogP contribution in [0.25, 0.3) is 0 Å². The summed E-state index contributed by atoms with van der Waals surface area (Å²) < 4.78 is 18.8. The van der Waals surface area contributed by atoms with Crippen LogP contribution in [0.5, 0.6) is 0 Å². The second-order valence-electron chi connectivity index (χ2n) is 5.65. The molecule has 0 spiro atoms. The number of ether oxygens (including phenoxy) is 3. The van der Waals surface area contributed by atoms with Crippen LogP contribution in [0.4, 0.5) is 0 Å². The van der Waals surface area contributed by atoms with Crippen LogP contribution in [0.1, 0.15) is 32.8 Å². The Balaban J connectivity index is 1.95. The van der Waals surface area contributed by atoms with Gasteiger partial charge in [0.05, 0.1) is 19.8 Å². The lowest BCUT2D eigenvalue weighted by Crippen LogP contribution is -2.50. The molecular weight excluding hydrogens is 320 g/mol. The fourth-order valence-electron chi connectivity index (χ4n) is 2.18. The number of rotatable bonds is 5. The fraction of sp³-hybridized carbons (Fsp3) is 0.625. The first-order valence-electron chi connectivity index (χ1n) is 7.17. The molecule has 0 bridgehead atoms. The highest BCUT2D eigenvalue weighted by atomic mass is 79.9. The molecule has 0 unspecified atom stereocenters. The van der Waals surface area contributed by atoms with Crippen LogP contribution >= 0.6 is 15.9 Å². The molecule has 4 heteroatoms. The van der Waals surface area contributed by atoms with Gasteiger partial charge in [-0.25, -0.2) is 0 Å².